The molecule has 3 rings (SSSR count). The molecule has 1 amide bonds. The molecule has 6 heteroatoms. The summed E-state index contributed by atoms with van der Waals surface area (Å²) in [5.41, 5.74) is 0.232. The lowest BCUT2D eigenvalue weighted by Crippen LogP contribution is -2.52. The Balaban J connectivity index is 1.58. The fourth-order valence-electron chi connectivity index (χ4n) is 3.97. The van der Waals surface area contributed by atoms with Crippen LogP contribution in [0.5, 0.6) is 5.75 Å². The minimum atomic E-state index is 0.232. The van der Waals surface area contributed by atoms with Crippen molar-refractivity contribution >= 4 is 5.91 Å². The molecule has 138 valence electrons. The van der Waals surface area contributed by atoms with E-state index < -0.39 is 0 Å². The quantitative estimate of drug-likeness (QED) is 0.811. The first-order chi connectivity index (χ1) is 12.1. The average Bonchev–Trinajstić information content (AvgIpc) is 2.62. The number of carbonyl (C=O) groups excluding carboxylic acids is 1. The highest BCUT2D eigenvalue weighted by atomic mass is 16.5. The molecule has 1 unspecified atom stereocenters. The van der Waals surface area contributed by atoms with Gasteiger partial charge in [0.15, 0.2) is 0 Å². The van der Waals surface area contributed by atoms with E-state index in [4.69, 9.17) is 9.47 Å². The molecule has 1 aromatic heterocycles. The smallest absolute Gasteiger partial charge is 0.236 e. The number of pyridine rings is 1. The zero-order chi connectivity index (χ0) is 17.7. The number of hydrogen-bond acceptors (Lipinski definition) is 5. The summed E-state index contributed by atoms with van der Waals surface area (Å²) in [7, 11) is 3.88. The first-order valence-corrected chi connectivity index (χ1v) is 9.12. The Morgan fingerprint density at radius 1 is 1.40 bits per heavy atom. The zero-order valence-electron chi connectivity index (χ0n) is 15.3. The topological polar surface area (TPSA) is 54.9 Å². The molecule has 6 nitrogen and oxygen atoms in total. The van der Waals surface area contributed by atoms with Gasteiger partial charge in [-0.05, 0) is 50.9 Å². The van der Waals surface area contributed by atoms with E-state index in [0.29, 0.717) is 19.1 Å². The third-order valence-electron chi connectivity index (χ3n) is 5.58. The molecule has 1 aromatic rings. The van der Waals surface area contributed by atoms with Crippen LogP contribution in [-0.2, 0) is 9.53 Å². The van der Waals surface area contributed by atoms with E-state index in [2.05, 4.69) is 4.98 Å². The van der Waals surface area contributed by atoms with Gasteiger partial charge in [-0.1, -0.05) is 0 Å². The molecule has 0 aromatic carbocycles. The van der Waals surface area contributed by atoms with Crippen LogP contribution in [0.3, 0.4) is 0 Å². The number of rotatable bonds is 5. The van der Waals surface area contributed by atoms with Crippen LogP contribution in [0.4, 0.5) is 0 Å². The lowest BCUT2D eigenvalue weighted by molar-refractivity contribution is -0.138. The molecule has 2 aliphatic rings. The van der Waals surface area contributed by atoms with Gasteiger partial charge < -0.3 is 19.3 Å². The van der Waals surface area contributed by atoms with Crippen LogP contribution < -0.4 is 4.74 Å². The number of likely N-dealkylation sites (tertiary alicyclic amines) is 1. The Morgan fingerprint density at radius 3 is 2.88 bits per heavy atom. The second kappa shape index (κ2) is 8.15. The van der Waals surface area contributed by atoms with Crippen molar-refractivity contribution in [3.63, 3.8) is 0 Å². The predicted molar refractivity (Wildman–Crippen MR) is 95.5 cm³/mol. The summed E-state index contributed by atoms with van der Waals surface area (Å²) in [5.74, 6) is 1.41. The van der Waals surface area contributed by atoms with E-state index in [1.54, 1.807) is 12.4 Å². The third kappa shape index (κ3) is 4.50. The van der Waals surface area contributed by atoms with Crippen molar-refractivity contribution in [2.75, 3.05) is 53.6 Å². The number of likely N-dealkylation sites (N-methyl/N-ethyl adjacent to an activating group) is 1. The van der Waals surface area contributed by atoms with Crippen LogP contribution in [0.25, 0.3) is 0 Å². The Labute approximate surface area is 150 Å². The van der Waals surface area contributed by atoms with Crippen molar-refractivity contribution in [1.29, 1.82) is 0 Å². The van der Waals surface area contributed by atoms with Crippen LogP contribution in [-0.4, -0.2) is 74.2 Å². The Hall–Kier alpha value is -1.66. The van der Waals surface area contributed by atoms with E-state index in [1.807, 2.05) is 36.0 Å². The standard InChI is InChI=1S/C19H29N3O3/c1-21(2)13-18(23)22-9-5-19(6-10-22)7-11-24-14-16(19)15-25-17-4-3-8-20-12-17/h3-4,8,12,16H,5-7,9-11,13-15H2,1-2H3. The van der Waals surface area contributed by atoms with Crippen LogP contribution >= 0.6 is 0 Å². The molecule has 0 bridgehead atoms. The summed E-state index contributed by atoms with van der Waals surface area (Å²) < 4.78 is 11.7. The number of piperidine rings is 1. The Bertz CT molecular complexity index is 556. The lowest BCUT2D eigenvalue weighted by Gasteiger charge is -2.49. The molecule has 3 heterocycles. The van der Waals surface area contributed by atoms with Gasteiger partial charge in [0.25, 0.3) is 0 Å². The van der Waals surface area contributed by atoms with Gasteiger partial charge in [-0.15, -0.1) is 0 Å². The molecule has 2 saturated heterocycles. The maximum absolute atomic E-state index is 12.3. The highest BCUT2D eigenvalue weighted by Gasteiger charge is 2.44. The number of hydrogen-bond donors (Lipinski definition) is 0. The number of ether oxygens (including phenoxy) is 2. The van der Waals surface area contributed by atoms with Gasteiger partial charge in [0, 0.05) is 31.8 Å². The molecule has 1 atom stereocenters. The predicted octanol–water partition coefficient (Wildman–Crippen LogP) is 1.67. The maximum atomic E-state index is 12.3. The van der Waals surface area contributed by atoms with Crippen molar-refractivity contribution in [1.82, 2.24) is 14.8 Å². The van der Waals surface area contributed by atoms with Gasteiger partial charge in [0.05, 0.1) is 26.0 Å². The molecule has 2 aliphatic heterocycles. The van der Waals surface area contributed by atoms with Gasteiger partial charge in [0.1, 0.15) is 5.75 Å². The molecular formula is C19H29N3O3. The van der Waals surface area contributed by atoms with Crippen LogP contribution in [0.15, 0.2) is 24.5 Å². The molecular weight excluding hydrogens is 318 g/mol. The van der Waals surface area contributed by atoms with Crippen molar-refractivity contribution in [3.05, 3.63) is 24.5 Å². The highest BCUT2D eigenvalue weighted by Crippen LogP contribution is 2.44. The minimum Gasteiger partial charge on any atom is -0.492 e. The van der Waals surface area contributed by atoms with Gasteiger partial charge in [-0.3, -0.25) is 9.78 Å². The monoisotopic (exact) mass is 347 g/mol. The maximum Gasteiger partial charge on any atom is 0.236 e. The minimum absolute atomic E-state index is 0.232. The molecule has 2 fully saturated rings. The molecule has 0 radical (unpaired) electrons. The molecule has 0 aliphatic carbocycles. The summed E-state index contributed by atoms with van der Waals surface area (Å²) in [5, 5.41) is 0. The van der Waals surface area contributed by atoms with E-state index in [1.165, 1.54) is 0 Å². The van der Waals surface area contributed by atoms with Gasteiger partial charge in [0.2, 0.25) is 5.91 Å². The fourth-order valence-corrected chi connectivity index (χ4v) is 3.97. The Kier molecular flexibility index (Phi) is 5.91. The number of carbonyl (C=O) groups is 1. The van der Waals surface area contributed by atoms with E-state index >= 15 is 0 Å². The zero-order valence-corrected chi connectivity index (χ0v) is 15.3. The summed E-state index contributed by atoms with van der Waals surface area (Å²) >= 11 is 0. The van der Waals surface area contributed by atoms with E-state index in [0.717, 1.165) is 51.3 Å². The molecule has 25 heavy (non-hydrogen) atoms. The van der Waals surface area contributed by atoms with Gasteiger partial charge >= 0.3 is 0 Å². The summed E-state index contributed by atoms with van der Waals surface area (Å²) in [6.07, 6.45) is 6.63. The first kappa shape index (κ1) is 18.1. The summed E-state index contributed by atoms with van der Waals surface area (Å²) in [4.78, 5) is 20.4. The number of nitrogens with zero attached hydrogens (tertiary/aromatic N) is 3. The third-order valence-corrected chi connectivity index (χ3v) is 5.58. The van der Waals surface area contributed by atoms with Crippen molar-refractivity contribution in [2.45, 2.75) is 19.3 Å². The second-order valence-corrected chi connectivity index (χ2v) is 7.50. The highest BCUT2D eigenvalue weighted by molar-refractivity contribution is 5.78. The second-order valence-electron chi connectivity index (χ2n) is 7.50. The number of amides is 1. The normalized spacial score (nSPS) is 23.0. The molecule has 0 saturated carbocycles. The van der Waals surface area contributed by atoms with Crippen molar-refractivity contribution in [2.24, 2.45) is 11.3 Å². The summed E-state index contributed by atoms with van der Waals surface area (Å²) in [6, 6.07) is 3.82. The fraction of sp³-hybridized carbons (Fsp3) is 0.684. The number of aromatic nitrogens is 1. The van der Waals surface area contributed by atoms with Crippen LogP contribution in [0, 0.1) is 11.3 Å². The molecule has 1 spiro atoms. The van der Waals surface area contributed by atoms with E-state index in [-0.39, 0.29) is 11.3 Å². The van der Waals surface area contributed by atoms with Crippen LogP contribution in [0.2, 0.25) is 0 Å². The van der Waals surface area contributed by atoms with Gasteiger partial charge in [-0.2, -0.15) is 0 Å². The first-order valence-electron chi connectivity index (χ1n) is 9.12. The van der Waals surface area contributed by atoms with Crippen LogP contribution in [0.1, 0.15) is 19.3 Å². The largest absolute Gasteiger partial charge is 0.492 e. The average molecular weight is 347 g/mol. The van der Waals surface area contributed by atoms with Crippen molar-refractivity contribution < 1.29 is 14.3 Å². The molecule has 0 N–H and O–H groups in total. The van der Waals surface area contributed by atoms with Crippen molar-refractivity contribution in [3.8, 4) is 5.75 Å². The van der Waals surface area contributed by atoms with Gasteiger partial charge in [-0.25, -0.2) is 0 Å². The summed E-state index contributed by atoms with van der Waals surface area (Å²) in [6.45, 7) is 4.38. The lowest BCUT2D eigenvalue weighted by atomic mass is 9.66. The van der Waals surface area contributed by atoms with E-state index in [9.17, 15) is 4.79 Å². The SMILES string of the molecule is CN(C)CC(=O)N1CCC2(CCOCC2COc2cccnc2)CC1. The Morgan fingerprint density at radius 2 is 2.20 bits per heavy atom.